The summed E-state index contributed by atoms with van der Waals surface area (Å²) in [7, 11) is 3.60. The number of ether oxygens (including phenoxy) is 1. The minimum absolute atomic E-state index is 0.424. The van der Waals surface area contributed by atoms with E-state index in [4.69, 9.17) is 4.74 Å². The van der Waals surface area contributed by atoms with Gasteiger partial charge >= 0.3 is 0 Å². The normalized spacial score (nSPS) is 16.6. The van der Waals surface area contributed by atoms with E-state index < -0.39 is 0 Å². The Bertz CT molecular complexity index is 365. The van der Waals surface area contributed by atoms with Gasteiger partial charge in [-0.25, -0.2) is 4.98 Å². The first kappa shape index (κ1) is 12.1. The van der Waals surface area contributed by atoms with E-state index in [-0.39, 0.29) is 0 Å². The number of nitrogens with one attached hydrogen (secondary N) is 2. The largest absolute Gasteiger partial charge is 0.385 e. The lowest BCUT2D eigenvalue weighted by Gasteiger charge is -2.15. The van der Waals surface area contributed by atoms with Gasteiger partial charge in [-0.1, -0.05) is 0 Å². The van der Waals surface area contributed by atoms with Crippen molar-refractivity contribution in [2.75, 3.05) is 37.9 Å². The maximum Gasteiger partial charge on any atom is 0.146 e. The third-order valence-corrected chi connectivity index (χ3v) is 3.33. The van der Waals surface area contributed by atoms with Crippen LogP contribution in [0.5, 0.6) is 0 Å². The van der Waals surface area contributed by atoms with Gasteiger partial charge in [0.05, 0.1) is 12.4 Å². The van der Waals surface area contributed by atoms with Gasteiger partial charge in [0.1, 0.15) is 11.6 Å². The number of rotatable bonds is 7. The third-order valence-electron chi connectivity index (χ3n) is 3.33. The highest BCUT2D eigenvalue weighted by Gasteiger charge is 2.41. The molecule has 1 aromatic rings. The van der Waals surface area contributed by atoms with Crippen molar-refractivity contribution in [3.8, 4) is 0 Å². The number of hydrogen-bond donors (Lipinski definition) is 2. The lowest BCUT2D eigenvalue weighted by molar-refractivity contribution is 0.175. The van der Waals surface area contributed by atoms with Crippen LogP contribution in [-0.4, -0.2) is 37.3 Å². The van der Waals surface area contributed by atoms with Gasteiger partial charge in [0.15, 0.2) is 0 Å². The first-order valence-electron chi connectivity index (χ1n) is 6.01. The van der Waals surface area contributed by atoms with Gasteiger partial charge in [0.25, 0.3) is 0 Å². The average molecular weight is 236 g/mol. The second kappa shape index (κ2) is 5.31. The standard InChI is InChI=1S/C12H20N4O/c1-13-10-7-14-8-11(16-10)15-9-12(3-4-12)5-6-17-2/h7-8H,3-6,9H2,1-2H3,(H2,13,15,16). The summed E-state index contributed by atoms with van der Waals surface area (Å²) in [6, 6.07) is 0. The molecular weight excluding hydrogens is 216 g/mol. The molecular formula is C12H20N4O. The molecule has 0 amide bonds. The van der Waals surface area contributed by atoms with E-state index in [0.29, 0.717) is 5.41 Å². The van der Waals surface area contributed by atoms with Crippen LogP contribution >= 0.6 is 0 Å². The maximum atomic E-state index is 5.14. The summed E-state index contributed by atoms with van der Waals surface area (Å²) in [5.74, 6) is 1.62. The molecule has 5 heteroatoms. The van der Waals surface area contributed by atoms with Crippen molar-refractivity contribution in [1.82, 2.24) is 9.97 Å². The van der Waals surface area contributed by atoms with Crippen LogP contribution in [-0.2, 0) is 4.74 Å². The second-order valence-electron chi connectivity index (χ2n) is 4.64. The van der Waals surface area contributed by atoms with Crippen LogP contribution < -0.4 is 10.6 Å². The topological polar surface area (TPSA) is 59.1 Å². The van der Waals surface area contributed by atoms with E-state index in [9.17, 15) is 0 Å². The van der Waals surface area contributed by atoms with Crippen molar-refractivity contribution in [2.45, 2.75) is 19.3 Å². The summed E-state index contributed by atoms with van der Waals surface area (Å²) in [4.78, 5) is 8.51. The minimum Gasteiger partial charge on any atom is -0.385 e. The third kappa shape index (κ3) is 3.30. The van der Waals surface area contributed by atoms with Crippen LogP contribution in [0.15, 0.2) is 12.4 Å². The van der Waals surface area contributed by atoms with Crippen molar-refractivity contribution in [1.29, 1.82) is 0 Å². The van der Waals surface area contributed by atoms with Gasteiger partial charge in [-0.3, -0.25) is 4.98 Å². The number of nitrogens with zero attached hydrogens (tertiary/aromatic N) is 2. The molecule has 1 fully saturated rings. The summed E-state index contributed by atoms with van der Waals surface area (Å²) < 4.78 is 5.14. The molecule has 94 valence electrons. The fourth-order valence-electron chi connectivity index (χ4n) is 1.86. The second-order valence-corrected chi connectivity index (χ2v) is 4.64. The minimum atomic E-state index is 0.424. The Morgan fingerprint density at radius 1 is 1.35 bits per heavy atom. The molecule has 1 aliphatic rings. The van der Waals surface area contributed by atoms with E-state index in [1.165, 1.54) is 12.8 Å². The summed E-state index contributed by atoms with van der Waals surface area (Å²) in [6.07, 6.45) is 7.15. The molecule has 1 aliphatic carbocycles. The van der Waals surface area contributed by atoms with Crippen molar-refractivity contribution < 1.29 is 4.74 Å². The van der Waals surface area contributed by atoms with Crippen molar-refractivity contribution in [3.63, 3.8) is 0 Å². The highest BCUT2D eigenvalue weighted by Crippen LogP contribution is 2.48. The summed E-state index contributed by atoms with van der Waals surface area (Å²) >= 11 is 0. The quantitative estimate of drug-likeness (QED) is 0.755. The van der Waals surface area contributed by atoms with E-state index in [0.717, 1.165) is 31.2 Å². The highest BCUT2D eigenvalue weighted by molar-refractivity contribution is 5.41. The van der Waals surface area contributed by atoms with E-state index in [1.54, 1.807) is 19.5 Å². The van der Waals surface area contributed by atoms with Gasteiger partial charge in [-0.05, 0) is 24.7 Å². The summed E-state index contributed by atoms with van der Waals surface area (Å²) in [5, 5.41) is 6.34. The van der Waals surface area contributed by atoms with Gasteiger partial charge in [0.2, 0.25) is 0 Å². The molecule has 0 aromatic carbocycles. The number of aromatic nitrogens is 2. The fraction of sp³-hybridized carbons (Fsp3) is 0.667. The van der Waals surface area contributed by atoms with Gasteiger partial charge in [-0.15, -0.1) is 0 Å². The van der Waals surface area contributed by atoms with Crippen molar-refractivity contribution in [3.05, 3.63) is 12.4 Å². The van der Waals surface area contributed by atoms with Crippen LogP contribution in [0.25, 0.3) is 0 Å². The zero-order chi connectivity index (χ0) is 12.1. The van der Waals surface area contributed by atoms with Crippen LogP contribution in [0, 0.1) is 5.41 Å². The predicted octanol–water partition coefficient (Wildman–Crippen LogP) is 1.75. The van der Waals surface area contributed by atoms with Crippen LogP contribution in [0.1, 0.15) is 19.3 Å². The van der Waals surface area contributed by atoms with Crippen LogP contribution in [0.3, 0.4) is 0 Å². The van der Waals surface area contributed by atoms with E-state index in [2.05, 4.69) is 20.6 Å². The lowest BCUT2D eigenvalue weighted by atomic mass is 10.0. The number of methoxy groups -OCH3 is 1. The van der Waals surface area contributed by atoms with E-state index in [1.807, 2.05) is 7.05 Å². The first-order valence-corrected chi connectivity index (χ1v) is 6.01. The molecule has 5 nitrogen and oxygen atoms in total. The molecule has 0 radical (unpaired) electrons. The summed E-state index contributed by atoms with van der Waals surface area (Å²) in [6.45, 7) is 1.79. The first-order chi connectivity index (χ1) is 8.28. The summed E-state index contributed by atoms with van der Waals surface area (Å²) in [5.41, 5.74) is 0.424. The zero-order valence-electron chi connectivity index (χ0n) is 10.5. The predicted molar refractivity (Wildman–Crippen MR) is 68.2 cm³/mol. The molecule has 2 rings (SSSR count). The van der Waals surface area contributed by atoms with Gasteiger partial charge < -0.3 is 15.4 Å². The Morgan fingerprint density at radius 2 is 2.12 bits per heavy atom. The van der Waals surface area contributed by atoms with Crippen molar-refractivity contribution >= 4 is 11.6 Å². The SMILES string of the molecule is CNc1cncc(NCC2(CCOC)CC2)n1. The molecule has 0 atom stereocenters. The smallest absolute Gasteiger partial charge is 0.146 e. The molecule has 1 aromatic heterocycles. The molecule has 0 aliphatic heterocycles. The molecule has 0 bridgehead atoms. The zero-order valence-corrected chi connectivity index (χ0v) is 10.5. The molecule has 0 spiro atoms. The number of hydrogen-bond acceptors (Lipinski definition) is 5. The van der Waals surface area contributed by atoms with Crippen molar-refractivity contribution in [2.24, 2.45) is 5.41 Å². The Balaban J connectivity index is 1.85. The molecule has 0 unspecified atom stereocenters. The monoisotopic (exact) mass is 236 g/mol. The Hall–Kier alpha value is -1.36. The van der Waals surface area contributed by atoms with Crippen LogP contribution in [0.4, 0.5) is 11.6 Å². The Labute approximate surface area is 102 Å². The van der Waals surface area contributed by atoms with E-state index >= 15 is 0 Å². The fourth-order valence-corrected chi connectivity index (χ4v) is 1.86. The van der Waals surface area contributed by atoms with Gasteiger partial charge in [0, 0.05) is 27.3 Å². The highest BCUT2D eigenvalue weighted by atomic mass is 16.5. The lowest BCUT2D eigenvalue weighted by Crippen LogP contribution is -2.18. The average Bonchev–Trinajstić information content (AvgIpc) is 3.15. The van der Waals surface area contributed by atoms with Gasteiger partial charge in [-0.2, -0.15) is 0 Å². The molecule has 2 N–H and O–H groups in total. The maximum absolute atomic E-state index is 5.14. The molecule has 1 heterocycles. The molecule has 1 saturated carbocycles. The molecule has 17 heavy (non-hydrogen) atoms. The molecule has 0 saturated heterocycles. The Kier molecular flexibility index (Phi) is 3.78. The number of anilines is 2. The van der Waals surface area contributed by atoms with Crippen LogP contribution in [0.2, 0.25) is 0 Å². The Morgan fingerprint density at radius 3 is 2.76 bits per heavy atom.